The van der Waals surface area contributed by atoms with Crippen LogP contribution in [0.15, 0.2) is 60.9 Å². The molecule has 19 heavy (non-hydrogen) atoms. The Morgan fingerprint density at radius 1 is 0.947 bits per heavy atom. The summed E-state index contributed by atoms with van der Waals surface area (Å²) in [4.78, 5) is 4.22. The molecular weight excluding hydrogens is 349 g/mol. The fraction of sp³-hybridized carbons (Fsp3) is 0.0625. The second-order valence-electron chi connectivity index (χ2n) is 4.40. The van der Waals surface area contributed by atoms with Crippen LogP contribution in [0.1, 0.15) is 17.2 Å². The van der Waals surface area contributed by atoms with Gasteiger partial charge < -0.3 is 5.11 Å². The van der Waals surface area contributed by atoms with Gasteiger partial charge in [-0.2, -0.15) is 0 Å². The van der Waals surface area contributed by atoms with Gasteiger partial charge in [-0.3, -0.25) is 4.98 Å². The molecule has 3 rings (SSSR count). The zero-order valence-corrected chi connectivity index (χ0v) is 12.3. The number of pyridine rings is 1. The van der Waals surface area contributed by atoms with Crippen LogP contribution in [0.4, 0.5) is 0 Å². The number of nitrogens with zero attached hydrogens (tertiary/aromatic N) is 1. The van der Waals surface area contributed by atoms with Gasteiger partial charge in [-0.1, -0.05) is 36.4 Å². The van der Waals surface area contributed by atoms with Crippen molar-refractivity contribution in [3.63, 3.8) is 0 Å². The lowest BCUT2D eigenvalue weighted by Crippen LogP contribution is -2.01. The molecule has 1 N–H and O–H groups in total. The van der Waals surface area contributed by atoms with Gasteiger partial charge in [0.15, 0.2) is 0 Å². The Kier molecular flexibility index (Phi) is 3.48. The van der Waals surface area contributed by atoms with Gasteiger partial charge >= 0.3 is 0 Å². The van der Waals surface area contributed by atoms with Crippen molar-refractivity contribution < 1.29 is 5.11 Å². The summed E-state index contributed by atoms with van der Waals surface area (Å²) in [6.45, 7) is 0. The summed E-state index contributed by atoms with van der Waals surface area (Å²) in [7, 11) is 0. The minimum Gasteiger partial charge on any atom is -0.384 e. The van der Waals surface area contributed by atoms with Gasteiger partial charge in [-0.05, 0) is 45.7 Å². The van der Waals surface area contributed by atoms with Gasteiger partial charge in [0.05, 0.1) is 0 Å². The van der Waals surface area contributed by atoms with Crippen molar-refractivity contribution in [3.8, 4) is 0 Å². The SMILES string of the molecule is OC(c1ccc(I)cc1)c1cncc2ccccc12. The highest BCUT2D eigenvalue weighted by Crippen LogP contribution is 2.28. The Morgan fingerprint density at radius 2 is 1.68 bits per heavy atom. The Hall–Kier alpha value is -1.46. The minimum absolute atomic E-state index is 0.643. The van der Waals surface area contributed by atoms with Crippen molar-refractivity contribution in [2.75, 3.05) is 0 Å². The van der Waals surface area contributed by atoms with Gasteiger partial charge in [0.25, 0.3) is 0 Å². The first-order chi connectivity index (χ1) is 9.25. The maximum atomic E-state index is 10.5. The molecule has 2 aromatic carbocycles. The van der Waals surface area contributed by atoms with Crippen LogP contribution in [0, 0.1) is 3.57 Å². The first-order valence-electron chi connectivity index (χ1n) is 6.02. The summed E-state index contributed by atoms with van der Waals surface area (Å²) in [5, 5.41) is 12.6. The van der Waals surface area contributed by atoms with E-state index in [4.69, 9.17) is 0 Å². The second kappa shape index (κ2) is 5.27. The number of aromatic nitrogens is 1. The van der Waals surface area contributed by atoms with Crippen LogP contribution in [0.2, 0.25) is 0 Å². The molecule has 0 bridgehead atoms. The van der Waals surface area contributed by atoms with Gasteiger partial charge in [-0.25, -0.2) is 0 Å². The summed E-state index contributed by atoms with van der Waals surface area (Å²) >= 11 is 2.25. The molecule has 1 unspecified atom stereocenters. The predicted octanol–water partition coefficient (Wildman–Crippen LogP) is 3.92. The monoisotopic (exact) mass is 361 g/mol. The minimum atomic E-state index is -0.643. The molecule has 3 heteroatoms. The third kappa shape index (κ3) is 2.48. The normalized spacial score (nSPS) is 12.5. The van der Waals surface area contributed by atoms with Crippen LogP contribution in [-0.4, -0.2) is 10.1 Å². The van der Waals surface area contributed by atoms with Crippen LogP contribution >= 0.6 is 22.6 Å². The summed E-state index contributed by atoms with van der Waals surface area (Å²) < 4.78 is 1.16. The van der Waals surface area contributed by atoms with E-state index in [1.807, 2.05) is 54.7 Å². The lowest BCUT2D eigenvalue weighted by Gasteiger charge is -2.13. The molecule has 2 nitrogen and oxygen atoms in total. The van der Waals surface area contributed by atoms with E-state index in [1.54, 1.807) is 6.20 Å². The van der Waals surface area contributed by atoms with Crippen molar-refractivity contribution in [1.29, 1.82) is 0 Å². The van der Waals surface area contributed by atoms with E-state index in [-0.39, 0.29) is 0 Å². The van der Waals surface area contributed by atoms with E-state index in [1.165, 1.54) is 0 Å². The second-order valence-corrected chi connectivity index (χ2v) is 5.65. The average Bonchev–Trinajstić information content (AvgIpc) is 2.47. The van der Waals surface area contributed by atoms with E-state index in [9.17, 15) is 5.11 Å². The fourth-order valence-corrected chi connectivity index (χ4v) is 2.54. The quantitative estimate of drug-likeness (QED) is 0.702. The zero-order valence-electron chi connectivity index (χ0n) is 10.1. The predicted molar refractivity (Wildman–Crippen MR) is 85.0 cm³/mol. The molecule has 0 fully saturated rings. The van der Waals surface area contributed by atoms with E-state index < -0.39 is 6.10 Å². The van der Waals surface area contributed by atoms with Crippen molar-refractivity contribution in [3.05, 3.63) is 75.6 Å². The van der Waals surface area contributed by atoms with Gasteiger partial charge in [0.2, 0.25) is 0 Å². The molecule has 1 atom stereocenters. The van der Waals surface area contributed by atoms with Crippen molar-refractivity contribution >= 4 is 33.4 Å². The highest BCUT2D eigenvalue weighted by molar-refractivity contribution is 14.1. The van der Waals surface area contributed by atoms with E-state index in [0.717, 1.165) is 25.5 Å². The third-order valence-electron chi connectivity index (χ3n) is 3.18. The molecule has 3 aromatic rings. The largest absolute Gasteiger partial charge is 0.384 e. The molecule has 0 radical (unpaired) electrons. The van der Waals surface area contributed by atoms with Crippen molar-refractivity contribution in [1.82, 2.24) is 4.98 Å². The summed E-state index contributed by atoms with van der Waals surface area (Å²) in [5.41, 5.74) is 1.73. The smallest absolute Gasteiger partial charge is 0.106 e. The Labute approximate surface area is 125 Å². The lowest BCUT2D eigenvalue weighted by molar-refractivity contribution is 0.221. The Morgan fingerprint density at radius 3 is 2.47 bits per heavy atom. The number of aliphatic hydroxyl groups excluding tert-OH is 1. The molecular formula is C16H12INO. The number of halogens is 1. The maximum Gasteiger partial charge on any atom is 0.106 e. The molecule has 0 spiro atoms. The Balaban J connectivity index is 2.11. The molecule has 0 amide bonds. The van der Waals surface area contributed by atoms with Crippen molar-refractivity contribution in [2.24, 2.45) is 0 Å². The third-order valence-corrected chi connectivity index (χ3v) is 3.90. The zero-order chi connectivity index (χ0) is 13.2. The van der Waals surface area contributed by atoms with Crippen LogP contribution in [0.25, 0.3) is 10.8 Å². The molecule has 0 saturated heterocycles. The number of fused-ring (bicyclic) bond motifs is 1. The molecule has 0 aliphatic heterocycles. The van der Waals surface area contributed by atoms with Crippen LogP contribution in [0.5, 0.6) is 0 Å². The van der Waals surface area contributed by atoms with E-state index >= 15 is 0 Å². The molecule has 0 aliphatic rings. The van der Waals surface area contributed by atoms with E-state index in [2.05, 4.69) is 27.6 Å². The highest BCUT2D eigenvalue weighted by atomic mass is 127. The molecule has 1 aromatic heterocycles. The van der Waals surface area contributed by atoms with Crippen LogP contribution in [-0.2, 0) is 0 Å². The maximum absolute atomic E-state index is 10.5. The van der Waals surface area contributed by atoms with E-state index in [0.29, 0.717) is 0 Å². The lowest BCUT2D eigenvalue weighted by atomic mass is 9.98. The fourth-order valence-electron chi connectivity index (χ4n) is 2.18. The van der Waals surface area contributed by atoms with Crippen molar-refractivity contribution in [2.45, 2.75) is 6.10 Å². The summed E-state index contributed by atoms with van der Waals surface area (Å²) in [5.74, 6) is 0. The van der Waals surface area contributed by atoms with Gasteiger partial charge in [-0.15, -0.1) is 0 Å². The topological polar surface area (TPSA) is 33.1 Å². The molecule has 1 heterocycles. The molecule has 0 aliphatic carbocycles. The average molecular weight is 361 g/mol. The summed E-state index contributed by atoms with van der Waals surface area (Å²) in [6.07, 6.45) is 2.92. The number of benzene rings is 2. The number of hydrogen-bond donors (Lipinski definition) is 1. The van der Waals surface area contributed by atoms with Crippen LogP contribution < -0.4 is 0 Å². The molecule has 0 saturated carbocycles. The standard InChI is InChI=1S/C16H12INO/c17-13-7-5-11(6-8-13)16(19)15-10-18-9-12-3-1-2-4-14(12)15/h1-10,16,19H. The summed E-state index contributed by atoms with van der Waals surface area (Å²) in [6, 6.07) is 15.9. The number of hydrogen-bond acceptors (Lipinski definition) is 2. The van der Waals surface area contributed by atoms with Gasteiger partial charge in [0.1, 0.15) is 6.10 Å². The van der Waals surface area contributed by atoms with Gasteiger partial charge in [0, 0.05) is 26.9 Å². The van der Waals surface area contributed by atoms with Crippen LogP contribution in [0.3, 0.4) is 0 Å². The first-order valence-corrected chi connectivity index (χ1v) is 7.10. The first kappa shape index (κ1) is 12.6. The highest BCUT2D eigenvalue weighted by Gasteiger charge is 2.13. The number of aliphatic hydroxyl groups is 1. The Bertz CT molecular complexity index is 704. The molecule has 94 valence electrons. The number of rotatable bonds is 2.